The lowest BCUT2D eigenvalue weighted by atomic mass is 10.2. The number of nitrogens with zero attached hydrogens (tertiary/aromatic N) is 3. The number of amides is 1. The van der Waals surface area contributed by atoms with Gasteiger partial charge in [0.05, 0.1) is 17.1 Å². The largest absolute Gasteiger partial charge is 0.323 e. The molecular formula is C18H16Cl2N4OS. The molecule has 0 fully saturated rings. The van der Waals surface area contributed by atoms with Crippen molar-refractivity contribution < 1.29 is 4.79 Å². The molecule has 2 aromatic carbocycles. The van der Waals surface area contributed by atoms with Crippen LogP contribution in [0.4, 0.5) is 5.69 Å². The fourth-order valence-electron chi connectivity index (χ4n) is 2.36. The number of thioether (sulfide) groups is 1. The second-order valence-electron chi connectivity index (χ2n) is 5.55. The van der Waals surface area contributed by atoms with E-state index in [4.69, 9.17) is 23.2 Å². The minimum Gasteiger partial charge on any atom is -0.323 e. The molecule has 0 saturated heterocycles. The number of hydrogen-bond donors (Lipinski definition) is 1. The average molecular weight is 407 g/mol. The van der Waals surface area contributed by atoms with E-state index in [9.17, 15) is 4.79 Å². The SMILES string of the molecule is CC(SCC(=O)Nc1cc(Cl)ccc1-n1cncn1)c1ccc(Cl)cc1. The number of nitrogens with one attached hydrogen (secondary N) is 1. The van der Waals surface area contributed by atoms with Gasteiger partial charge < -0.3 is 5.32 Å². The number of aromatic nitrogens is 3. The zero-order valence-corrected chi connectivity index (χ0v) is 16.2. The highest BCUT2D eigenvalue weighted by Gasteiger charge is 2.13. The molecule has 0 saturated carbocycles. The lowest BCUT2D eigenvalue weighted by Gasteiger charge is -2.14. The quantitative estimate of drug-likeness (QED) is 0.624. The molecule has 134 valence electrons. The molecule has 1 heterocycles. The molecule has 1 aromatic heterocycles. The number of carbonyl (C=O) groups is 1. The second-order valence-corrected chi connectivity index (χ2v) is 7.76. The van der Waals surface area contributed by atoms with E-state index in [-0.39, 0.29) is 11.2 Å². The summed E-state index contributed by atoms with van der Waals surface area (Å²) in [6, 6.07) is 12.9. The zero-order chi connectivity index (χ0) is 18.5. The molecule has 3 aromatic rings. The molecule has 1 N–H and O–H groups in total. The van der Waals surface area contributed by atoms with Gasteiger partial charge >= 0.3 is 0 Å². The molecule has 0 aliphatic carbocycles. The highest BCUT2D eigenvalue weighted by Crippen LogP contribution is 2.29. The molecule has 0 aliphatic rings. The van der Waals surface area contributed by atoms with Crippen LogP contribution in [0, 0.1) is 0 Å². The van der Waals surface area contributed by atoms with Crippen molar-refractivity contribution in [3.8, 4) is 5.69 Å². The lowest BCUT2D eigenvalue weighted by Crippen LogP contribution is -2.16. The maximum absolute atomic E-state index is 12.4. The fraction of sp³-hybridized carbons (Fsp3) is 0.167. The van der Waals surface area contributed by atoms with Crippen LogP contribution in [0.5, 0.6) is 0 Å². The van der Waals surface area contributed by atoms with E-state index in [0.717, 1.165) is 5.56 Å². The molecule has 8 heteroatoms. The van der Waals surface area contributed by atoms with E-state index in [1.54, 1.807) is 41.0 Å². The first-order chi connectivity index (χ1) is 12.5. The maximum Gasteiger partial charge on any atom is 0.234 e. The van der Waals surface area contributed by atoms with Gasteiger partial charge in [-0.25, -0.2) is 9.67 Å². The van der Waals surface area contributed by atoms with Gasteiger partial charge in [-0.05, 0) is 42.8 Å². The molecule has 26 heavy (non-hydrogen) atoms. The van der Waals surface area contributed by atoms with Crippen molar-refractivity contribution in [2.75, 3.05) is 11.1 Å². The van der Waals surface area contributed by atoms with Gasteiger partial charge in [-0.15, -0.1) is 11.8 Å². The summed E-state index contributed by atoms with van der Waals surface area (Å²) < 4.78 is 1.58. The van der Waals surface area contributed by atoms with Crippen molar-refractivity contribution in [3.63, 3.8) is 0 Å². The van der Waals surface area contributed by atoms with Gasteiger partial charge in [-0.1, -0.05) is 35.3 Å². The predicted octanol–water partition coefficient (Wildman–Crippen LogP) is 5.01. The minimum atomic E-state index is -0.112. The Labute approximate surface area is 165 Å². The summed E-state index contributed by atoms with van der Waals surface area (Å²) in [5, 5.41) is 8.41. The van der Waals surface area contributed by atoms with Gasteiger partial charge in [0.2, 0.25) is 5.91 Å². The summed E-state index contributed by atoms with van der Waals surface area (Å²) in [6.45, 7) is 2.06. The first-order valence-electron chi connectivity index (χ1n) is 7.84. The Morgan fingerprint density at radius 2 is 1.92 bits per heavy atom. The average Bonchev–Trinajstić information content (AvgIpc) is 3.15. The third kappa shape index (κ3) is 4.78. The van der Waals surface area contributed by atoms with Crippen molar-refractivity contribution >= 4 is 46.6 Å². The molecule has 0 aliphatic heterocycles. The molecule has 5 nitrogen and oxygen atoms in total. The first-order valence-corrected chi connectivity index (χ1v) is 9.65. The Morgan fingerprint density at radius 1 is 1.19 bits per heavy atom. The van der Waals surface area contributed by atoms with Crippen molar-refractivity contribution in [3.05, 3.63) is 70.7 Å². The van der Waals surface area contributed by atoms with Gasteiger partial charge in [-0.3, -0.25) is 4.79 Å². The van der Waals surface area contributed by atoms with Gasteiger partial charge in [0.25, 0.3) is 0 Å². The predicted molar refractivity (Wildman–Crippen MR) is 107 cm³/mol. The van der Waals surface area contributed by atoms with E-state index in [1.165, 1.54) is 6.33 Å². The maximum atomic E-state index is 12.4. The molecule has 1 amide bonds. The summed E-state index contributed by atoms with van der Waals surface area (Å²) in [4.78, 5) is 16.3. The van der Waals surface area contributed by atoms with Crippen molar-refractivity contribution in [2.45, 2.75) is 12.2 Å². The Morgan fingerprint density at radius 3 is 2.62 bits per heavy atom. The van der Waals surface area contributed by atoms with Crippen LogP contribution in [0.25, 0.3) is 5.69 Å². The van der Waals surface area contributed by atoms with Crippen LogP contribution in [-0.4, -0.2) is 26.4 Å². The number of hydrogen-bond acceptors (Lipinski definition) is 4. The monoisotopic (exact) mass is 406 g/mol. The van der Waals surface area contributed by atoms with Gasteiger partial charge in [0.1, 0.15) is 12.7 Å². The number of rotatable bonds is 6. The molecule has 1 unspecified atom stereocenters. The molecular weight excluding hydrogens is 391 g/mol. The van der Waals surface area contributed by atoms with Gasteiger partial charge in [0, 0.05) is 15.3 Å². The third-order valence-electron chi connectivity index (χ3n) is 3.70. The van der Waals surface area contributed by atoms with Crippen LogP contribution >= 0.6 is 35.0 Å². The molecule has 0 bridgehead atoms. The zero-order valence-electron chi connectivity index (χ0n) is 13.9. The molecule has 1 atom stereocenters. The van der Waals surface area contributed by atoms with Crippen LogP contribution < -0.4 is 5.32 Å². The van der Waals surface area contributed by atoms with Crippen molar-refractivity contribution in [2.24, 2.45) is 0 Å². The van der Waals surface area contributed by atoms with Crippen LogP contribution in [0.1, 0.15) is 17.7 Å². The number of halogens is 2. The van der Waals surface area contributed by atoms with Crippen LogP contribution in [0.15, 0.2) is 55.1 Å². The normalized spacial score (nSPS) is 12.0. The Balaban J connectivity index is 1.65. The summed E-state index contributed by atoms with van der Waals surface area (Å²) in [5.74, 6) is 0.201. The van der Waals surface area contributed by atoms with Gasteiger partial charge in [0.15, 0.2) is 0 Å². The summed E-state index contributed by atoms with van der Waals surface area (Å²) in [5.41, 5.74) is 2.42. The first kappa shape index (κ1) is 18.8. The molecule has 0 radical (unpaired) electrons. The number of carbonyl (C=O) groups excluding carboxylic acids is 1. The minimum absolute atomic E-state index is 0.112. The molecule has 3 rings (SSSR count). The van der Waals surface area contributed by atoms with Crippen molar-refractivity contribution in [1.82, 2.24) is 14.8 Å². The Hall–Kier alpha value is -2.02. The summed E-state index contributed by atoms with van der Waals surface area (Å²) in [6.07, 6.45) is 3.00. The summed E-state index contributed by atoms with van der Waals surface area (Å²) >= 11 is 13.5. The highest BCUT2D eigenvalue weighted by molar-refractivity contribution is 8.00. The summed E-state index contributed by atoms with van der Waals surface area (Å²) in [7, 11) is 0. The van der Waals surface area contributed by atoms with Crippen molar-refractivity contribution in [1.29, 1.82) is 0 Å². The topological polar surface area (TPSA) is 59.8 Å². The lowest BCUT2D eigenvalue weighted by molar-refractivity contribution is -0.113. The Bertz CT molecular complexity index is 885. The van der Waals surface area contributed by atoms with E-state index in [0.29, 0.717) is 27.2 Å². The van der Waals surface area contributed by atoms with E-state index in [1.807, 2.05) is 24.3 Å². The standard InChI is InChI=1S/C18H16Cl2N4OS/c1-12(13-2-4-14(19)5-3-13)26-9-18(25)23-16-8-15(20)6-7-17(16)24-11-21-10-22-24/h2-8,10-12H,9H2,1H3,(H,23,25). The highest BCUT2D eigenvalue weighted by atomic mass is 35.5. The van der Waals surface area contributed by atoms with Crippen LogP contribution in [0.3, 0.4) is 0 Å². The number of benzene rings is 2. The third-order valence-corrected chi connectivity index (χ3v) is 5.39. The Kier molecular flexibility index (Phi) is 6.19. The van der Waals surface area contributed by atoms with E-state index < -0.39 is 0 Å². The second kappa shape index (κ2) is 8.58. The van der Waals surface area contributed by atoms with Crippen LogP contribution in [-0.2, 0) is 4.79 Å². The molecule has 0 spiro atoms. The van der Waals surface area contributed by atoms with Crippen LogP contribution in [0.2, 0.25) is 10.0 Å². The number of anilines is 1. The van der Waals surface area contributed by atoms with Gasteiger partial charge in [-0.2, -0.15) is 5.10 Å². The van der Waals surface area contributed by atoms with E-state index in [2.05, 4.69) is 22.3 Å². The smallest absolute Gasteiger partial charge is 0.234 e. The fourth-order valence-corrected chi connectivity index (χ4v) is 3.48. The van der Waals surface area contributed by atoms with E-state index >= 15 is 0 Å².